The van der Waals surface area contributed by atoms with Crippen molar-refractivity contribution in [2.75, 3.05) is 6.54 Å². The smallest absolute Gasteiger partial charge is 0.0570 e. The van der Waals surface area contributed by atoms with Gasteiger partial charge >= 0.3 is 0 Å². The Labute approximate surface area is 62.8 Å². The third kappa shape index (κ3) is 2.26. The highest BCUT2D eigenvalue weighted by Gasteiger charge is 2.01. The van der Waals surface area contributed by atoms with Crippen LogP contribution in [0.25, 0.3) is 0 Å². The zero-order valence-electron chi connectivity index (χ0n) is 6.34. The normalized spacial score (nSPS) is 17.8. The number of hydrogen-bond donors (Lipinski definition) is 0. The average Bonchev–Trinajstić information content (AvgIpc) is 2.03. The Morgan fingerprint density at radius 2 is 2.50 bits per heavy atom. The van der Waals surface area contributed by atoms with Gasteiger partial charge in [0.1, 0.15) is 0 Å². The monoisotopic (exact) mass is 136 g/mol. The fraction of sp³-hybridized carbons (Fsp3) is 0.556. The Bertz CT molecular complexity index is 136. The van der Waals surface area contributed by atoms with Crippen molar-refractivity contribution in [1.29, 1.82) is 0 Å². The molecule has 0 spiro atoms. The van der Waals surface area contributed by atoms with E-state index in [4.69, 9.17) is 0 Å². The van der Waals surface area contributed by atoms with Gasteiger partial charge in [0.15, 0.2) is 0 Å². The van der Waals surface area contributed by atoms with Crippen molar-refractivity contribution in [1.82, 2.24) is 5.32 Å². The van der Waals surface area contributed by atoms with E-state index in [1.165, 1.54) is 31.4 Å². The first kappa shape index (κ1) is 7.39. The van der Waals surface area contributed by atoms with Gasteiger partial charge in [-0.2, -0.15) is 0 Å². The maximum absolute atomic E-state index is 4.34. The second-order valence-corrected chi connectivity index (χ2v) is 2.57. The SMILES string of the molecule is C=CC[N]C1=CCCCC1. The molecule has 0 fully saturated rings. The molecule has 0 saturated carbocycles. The topological polar surface area (TPSA) is 14.1 Å². The van der Waals surface area contributed by atoms with Crippen LogP contribution in [0, 0.1) is 0 Å². The lowest BCUT2D eigenvalue weighted by Crippen LogP contribution is -2.06. The lowest BCUT2D eigenvalue weighted by molar-refractivity contribution is 0.652. The van der Waals surface area contributed by atoms with Gasteiger partial charge in [-0.05, 0) is 25.7 Å². The molecule has 0 heterocycles. The fourth-order valence-corrected chi connectivity index (χ4v) is 1.15. The molecule has 0 aromatic rings. The van der Waals surface area contributed by atoms with Gasteiger partial charge in [0.25, 0.3) is 0 Å². The summed E-state index contributed by atoms with van der Waals surface area (Å²) < 4.78 is 0. The first-order chi connectivity index (χ1) is 4.93. The molecule has 0 unspecified atom stereocenters. The summed E-state index contributed by atoms with van der Waals surface area (Å²) in [5.74, 6) is 0. The Morgan fingerprint density at radius 1 is 1.60 bits per heavy atom. The molecule has 0 aromatic heterocycles. The van der Waals surface area contributed by atoms with Crippen LogP contribution in [0.1, 0.15) is 25.7 Å². The molecule has 10 heavy (non-hydrogen) atoms. The van der Waals surface area contributed by atoms with Crippen LogP contribution in [0.3, 0.4) is 0 Å². The molecule has 0 N–H and O–H groups in total. The standard InChI is InChI=1S/C9H14N/c1-2-8-10-9-6-4-3-5-7-9/h2,6H,1,3-5,7-8H2. The molecule has 1 aliphatic carbocycles. The van der Waals surface area contributed by atoms with Crippen LogP contribution in [0.5, 0.6) is 0 Å². The second kappa shape index (κ2) is 4.15. The quantitative estimate of drug-likeness (QED) is 0.528. The van der Waals surface area contributed by atoms with Crippen LogP contribution in [0.2, 0.25) is 0 Å². The van der Waals surface area contributed by atoms with Crippen molar-refractivity contribution in [2.24, 2.45) is 0 Å². The molecule has 0 saturated heterocycles. The third-order valence-electron chi connectivity index (χ3n) is 1.69. The summed E-state index contributed by atoms with van der Waals surface area (Å²) in [6.45, 7) is 4.41. The molecule has 1 aliphatic rings. The molecule has 0 aromatic carbocycles. The summed E-state index contributed by atoms with van der Waals surface area (Å²) in [6, 6.07) is 0. The van der Waals surface area contributed by atoms with E-state index < -0.39 is 0 Å². The van der Waals surface area contributed by atoms with E-state index in [0.717, 1.165) is 6.54 Å². The van der Waals surface area contributed by atoms with Gasteiger partial charge in [-0.25, -0.2) is 0 Å². The number of nitrogens with zero attached hydrogens (tertiary/aromatic N) is 1. The van der Waals surface area contributed by atoms with E-state index in [2.05, 4.69) is 18.0 Å². The first-order valence-electron chi connectivity index (χ1n) is 3.91. The molecule has 1 nitrogen and oxygen atoms in total. The third-order valence-corrected chi connectivity index (χ3v) is 1.69. The maximum atomic E-state index is 4.34. The molecule has 0 aliphatic heterocycles. The number of rotatable bonds is 3. The fourth-order valence-electron chi connectivity index (χ4n) is 1.15. The van der Waals surface area contributed by atoms with Crippen LogP contribution in [0.15, 0.2) is 24.4 Å². The second-order valence-electron chi connectivity index (χ2n) is 2.57. The minimum absolute atomic E-state index is 0.784. The largest absolute Gasteiger partial charge is 0.286 e. The summed E-state index contributed by atoms with van der Waals surface area (Å²) in [5, 5.41) is 4.34. The summed E-state index contributed by atoms with van der Waals surface area (Å²) in [6.07, 6.45) is 9.13. The molecule has 0 amide bonds. The van der Waals surface area contributed by atoms with Gasteiger partial charge in [-0.3, -0.25) is 5.32 Å². The highest BCUT2D eigenvalue weighted by Crippen LogP contribution is 2.15. The lowest BCUT2D eigenvalue weighted by atomic mass is 10.1. The van der Waals surface area contributed by atoms with E-state index in [0.29, 0.717) is 0 Å². The molecule has 0 bridgehead atoms. The zero-order chi connectivity index (χ0) is 7.23. The van der Waals surface area contributed by atoms with Gasteiger partial charge in [0.2, 0.25) is 0 Å². The van der Waals surface area contributed by atoms with Crippen molar-refractivity contribution in [3.63, 3.8) is 0 Å². The highest BCUT2D eigenvalue weighted by atomic mass is 14.9. The van der Waals surface area contributed by atoms with Gasteiger partial charge in [0.05, 0.1) is 6.54 Å². The van der Waals surface area contributed by atoms with Crippen molar-refractivity contribution in [3.8, 4) is 0 Å². The van der Waals surface area contributed by atoms with E-state index in [1.54, 1.807) is 0 Å². The summed E-state index contributed by atoms with van der Waals surface area (Å²) in [4.78, 5) is 0. The minimum atomic E-state index is 0.784. The van der Waals surface area contributed by atoms with Crippen LogP contribution < -0.4 is 5.32 Å². The molecular weight excluding hydrogens is 122 g/mol. The molecular formula is C9H14N. The zero-order valence-corrected chi connectivity index (χ0v) is 6.34. The molecule has 1 radical (unpaired) electrons. The maximum Gasteiger partial charge on any atom is 0.0570 e. The minimum Gasteiger partial charge on any atom is -0.286 e. The van der Waals surface area contributed by atoms with Gasteiger partial charge in [-0.15, -0.1) is 6.58 Å². The Balaban J connectivity index is 2.24. The van der Waals surface area contributed by atoms with Gasteiger partial charge in [0, 0.05) is 5.70 Å². The average molecular weight is 136 g/mol. The van der Waals surface area contributed by atoms with E-state index in [-0.39, 0.29) is 0 Å². The molecule has 1 rings (SSSR count). The van der Waals surface area contributed by atoms with Crippen molar-refractivity contribution in [2.45, 2.75) is 25.7 Å². The van der Waals surface area contributed by atoms with E-state index in [1.807, 2.05) is 6.08 Å². The molecule has 55 valence electrons. The van der Waals surface area contributed by atoms with Crippen molar-refractivity contribution < 1.29 is 0 Å². The Hall–Kier alpha value is -0.720. The van der Waals surface area contributed by atoms with Crippen molar-refractivity contribution >= 4 is 0 Å². The molecule has 1 heteroatoms. The van der Waals surface area contributed by atoms with Gasteiger partial charge in [-0.1, -0.05) is 12.2 Å². The number of hydrogen-bond acceptors (Lipinski definition) is 0. The first-order valence-corrected chi connectivity index (χ1v) is 3.91. The van der Waals surface area contributed by atoms with Crippen LogP contribution in [0.4, 0.5) is 0 Å². The van der Waals surface area contributed by atoms with Crippen LogP contribution >= 0.6 is 0 Å². The Kier molecular flexibility index (Phi) is 3.07. The van der Waals surface area contributed by atoms with Crippen LogP contribution in [-0.2, 0) is 0 Å². The van der Waals surface area contributed by atoms with Crippen LogP contribution in [-0.4, -0.2) is 6.54 Å². The lowest BCUT2D eigenvalue weighted by Gasteiger charge is -2.10. The van der Waals surface area contributed by atoms with E-state index in [9.17, 15) is 0 Å². The molecule has 0 atom stereocenters. The number of allylic oxidation sites excluding steroid dienone is 2. The van der Waals surface area contributed by atoms with Gasteiger partial charge < -0.3 is 0 Å². The summed E-state index contributed by atoms with van der Waals surface area (Å²) in [7, 11) is 0. The summed E-state index contributed by atoms with van der Waals surface area (Å²) in [5.41, 5.74) is 1.28. The summed E-state index contributed by atoms with van der Waals surface area (Å²) >= 11 is 0. The Morgan fingerprint density at radius 3 is 3.10 bits per heavy atom. The van der Waals surface area contributed by atoms with E-state index >= 15 is 0 Å². The predicted molar refractivity (Wildman–Crippen MR) is 43.7 cm³/mol. The van der Waals surface area contributed by atoms with Crippen molar-refractivity contribution in [3.05, 3.63) is 24.4 Å². The highest BCUT2D eigenvalue weighted by molar-refractivity contribution is 5.03. The predicted octanol–water partition coefficient (Wildman–Crippen LogP) is 2.23.